The normalized spacial score (nSPS) is 15.8. The summed E-state index contributed by atoms with van der Waals surface area (Å²) >= 11 is -1.31. The fourth-order valence-corrected chi connectivity index (χ4v) is 6.46. The Morgan fingerprint density at radius 2 is 1.91 bits per heavy atom. The van der Waals surface area contributed by atoms with Gasteiger partial charge in [-0.1, -0.05) is 17.9 Å². The molecular weight excluding hydrogens is 594 g/mol. The third-order valence-corrected chi connectivity index (χ3v) is 9.21. The number of aromatic carboxylic acids is 1. The molecule has 6 rings (SSSR count). The van der Waals surface area contributed by atoms with Crippen LogP contribution in [-0.4, -0.2) is 59.1 Å². The number of carboxylic acid groups (broad SMARTS) is 1. The van der Waals surface area contributed by atoms with Crippen molar-refractivity contribution in [3.63, 3.8) is 0 Å². The van der Waals surface area contributed by atoms with E-state index in [-0.39, 0.29) is 22.6 Å². The maximum absolute atomic E-state index is 14.9. The van der Waals surface area contributed by atoms with Crippen LogP contribution in [0.2, 0.25) is 0 Å². The van der Waals surface area contributed by atoms with E-state index >= 15 is 0 Å². The average molecular weight is 623 g/mol. The van der Waals surface area contributed by atoms with Gasteiger partial charge in [0.2, 0.25) is 5.13 Å². The smallest absolute Gasteiger partial charge is 0.355 e. The zero-order chi connectivity index (χ0) is 30.1. The quantitative estimate of drug-likeness (QED) is 0.186. The molecule has 2 N–H and O–H groups in total. The summed E-state index contributed by atoms with van der Waals surface area (Å²) < 4.78 is 52.2. The number of thiazole rings is 1. The van der Waals surface area contributed by atoms with Crippen molar-refractivity contribution in [3.8, 4) is 28.2 Å². The molecule has 2 aliphatic rings. The van der Waals surface area contributed by atoms with E-state index in [1.165, 1.54) is 23.6 Å². The summed E-state index contributed by atoms with van der Waals surface area (Å²) in [6.07, 6.45) is 5.23. The first-order valence-corrected chi connectivity index (χ1v) is 16.0. The van der Waals surface area contributed by atoms with Crippen LogP contribution in [-0.2, 0) is 23.9 Å². The van der Waals surface area contributed by atoms with Crippen LogP contribution < -0.4 is 0 Å². The zero-order valence-corrected chi connectivity index (χ0v) is 24.7. The van der Waals surface area contributed by atoms with Gasteiger partial charge in [0.15, 0.2) is 16.8 Å². The Morgan fingerprint density at radius 1 is 1.12 bits per heavy atom. The molecule has 1 saturated heterocycles. The maximum atomic E-state index is 14.9. The highest BCUT2D eigenvalue weighted by Gasteiger charge is 2.29. The van der Waals surface area contributed by atoms with Crippen LogP contribution in [0.25, 0.3) is 16.4 Å². The lowest BCUT2D eigenvalue weighted by Crippen LogP contribution is -2.18. The van der Waals surface area contributed by atoms with E-state index in [1.807, 2.05) is 0 Å². The largest absolute Gasteiger partial charge is 0.476 e. The maximum Gasteiger partial charge on any atom is 0.355 e. The van der Waals surface area contributed by atoms with Gasteiger partial charge in [0.1, 0.15) is 16.5 Å². The molecule has 0 bridgehead atoms. The monoisotopic (exact) mass is 622 g/mol. The first kappa shape index (κ1) is 29.3. The Morgan fingerprint density at radius 3 is 2.58 bits per heavy atom. The van der Waals surface area contributed by atoms with E-state index in [0.29, 0.717) is 40.8 Å². The molecule has 0 radical (unpaired) electrons. The number of carboxylic acids is 1. The van der Waals surface area contributed by atoms with E-state index in [2.05, 4.69) is 21.7 Å². The van der Waals surface area contributed by atoms with Crippen molar-refractivity contribution in [3.05, 3.63) is 81.5 Å². The average Bonchev–Trinajstić information content (AvgIpc) is 3.32. The lowest BCUT2D eigenvalue weighted by atomic mass is 9.96. The Kier molecular flexibility index (Phi) is 8.50. The molecule has 2 aromatic heterocycles. The summed E-state index contributed by atoms with van der Waals surface area (Å²) in [4.78, 5) is 17.8. The molecule has 1 atom stereocenters. The fourth-order valence-electron chi connectivity index (χ4n) is 5.28. The van der Waals surface area contributed by atoms with Crippen molar-refractivity contribution < 1.29 is 27.4 Å². The number of halogens is 2. The lowest BCUT2D eigenvalue weighted by Gasteiger charge is -2.10. The number of nitrogens with zero attached hydrogens (tertiary/aromatic N) is 4. The van der Waals surface area contributed by atoms with Crippen LogP contribution in [0.3, 0.4) is 0 Å². The van der Waals surface area contributed by atoms with Crippen molar-refractivity contribution in [2.45, 2.75) is 43.4 Å². The van der Waals surface area contributed by atoms with Crippen molar-refractivity contribution in [1.29, 1.82) is 0 Å². The van der Waals surface area contributed by atoms with Crippen LogP contribution in [0.5, 0.6) is 0 Å². The minimum absolute atomic E-state index is 0.0945. The predicted octanol–water partition coefficient (Wildman–Crippen LogP) is 5.54. The standard InChI is InChI=1S/C31H28F2N4O4S2/c32-24-9-8-22(17-21(24)4-3-13-36-11-1-2-12-36)29-23(14-20-7-10-28(43(40)41)25(33)15-20)27(16-19-5-6-19)37(35-29)31-34-26(18-42-31)30(38)39/h7-10,15,17-19H,1-2,5-6,11-14,16H2,(H,38,39)(H,40,41). The second kappa shape index (κ2) is 12.5. The number of hydrogen-bond acceptors (Lipinski definition) is 6. The van der Waals surface area contributed by atoms with Gasteiger partial charge in [-0.15, -0.1) is 11.3 Å². The molecule has 4 aromatic rings. The van der Waals surface area contributed by atoms with Gasteiger partial charge in [-0.3, -0.25) is 4.90 Å². The van der Waals surface area contributed by atoms with Gasteiger partial charge >= 0.3 is 5.97 Å². The molecule has 1 aliphatic carbocycles. The molecule has 1 saturated carbocycles. The van der Waals surface area contributed by atoms with Gasteiger partial charge in [0.05, 0.1) is 23.5 Å². The van der Waals surface area contributed by atoms with Gasteiger partial charge in [-0.25, -0.2) is 27.5 Å². The highest BCUT2D eigenvalue weighted by molar-refractivity contribution is 7.79. The van der Waals surface area contributed by atoms with E-state index < -0.39 is 28.7 Å². The summed E-state index contributed by atoms with van der Waals surface area (Å²) in [7, 11) is 0. The van der Waals surface area contributed by atoms with Crippen LogP contribution in [0.1, 0.15) is 58.6 Å². The van der Waals surface area contributed by atoms with Gasteiger partial charge in [0.25, 0.3) is 0 Å². The number of aromatic nitrogens is 3. The van der Waals surface area contributed by atoms with E-state index in [0.717, 1.165) is 61.4 Å². The molecule has 0 amide bonds. The van der Waals surface area contributed by atoms with Crippen LogP contribution in [0, 0.1) is 29.4 Å². The molecule has 0 spiro atoms. The Hall–Kier alpha value is -3.76. The first-order chi connectivity index (χ1) is 20.8. The molecular formula is C31H28F2N4O4S2. The van der Waals surface area contributed by atoms with E-state index in [4.69, 9.17) is 5.10 Å². The molecule has 8 nitrogen and oxygen atoms in total. The van der Waals surface area contributed by atoms with Crippen LogP contribution in [0.15, 0.2) is 46.7 Å². The highest BCUT2D eigenvalue weighted by atomic mass is 32.2. The third kappa shape index (κ3) is 6.60. The molecule has 43 heavy (non-hydrogen) atoms. The van der Waals surface area contributed by atoms with Gasteiger partial charge < -0.3 is 9.66 Å². The molecule has 222 valence electrons. The molecule has 2 fully saturated rings. The van der Waals surface area contributed by atoms with Gasteiger partial charge in [-0.05, 0) is 87.0 Å². The summed E-state index contributed by atoms with van der Waals surface area (Å²) in [5, 5.41) is 16.2. The van der Waals surface area contributed by atoms with Crippen molar-refractivity contribution in [1.82, 2.24) is 19.7 Å². The van der Waals surface area contributed by atoms with E-state index in [1.54, 1.807) is 22.9 Å². The summed E-state index contributed by atoms with van der Waals surface area (Å²) in [6.45, 7) is 2.53. The SMILES string of the molecule is O=C(O)c1csc(-n2nc(-c3ccc(F)c(C#CCN4CCCC4)c3)c(Cc3ccc(S(=O)O)c(F)c3)c2CC2CC2)n1. The van der Waals surface area contributed by atoms with Gasteiger partial charge in [0, 0.05) is 22.9 Å². The number of hydrogen-bond donors (Lipinski definition) is 2. The van der Waals surface area contributed by atoms with Crippen LogP contribution >= 0.6 is 11.3 Å². The molecule has 3 heterocycles. The van der Waals surface area contributed by atoms with Crippen molar-refractivity contribution in [2.75, 3.05) is 19.6 Å². The minimum Gasteiger partial charge on any atom is -0.476 e. The molecule has 1 unspecified atom stereocenters. The number of carbonyl (C=O) groups is 1. The number of rotatable bonds is 9. The first-order valence-electron chi connectivity index (χ1n) is 14.0. The van der Waals surface area contributed by atoms with E-state index in [9.17, 15) is 27.4 Å². The molecule has 12 heteroatoms. The summed E-state index contributed by atoms with van der Waals surface area (Å²) in [5.41, 5.74) is 3.42. The predicted molar refractivity (Wildman–Crippen MR) is 159 cm³/mol. The Labute approximate surface area is 253 Å². The second-order valence-corrected chi connectivity index (χ2v) is 12.6. The van der Waals surface area contributed by atoms with Crippen molar-refractivity contribution >= 4 is 28.4 Å². The van der Waals surface area contributed by atoms with Crippen molar-refractivity contribution in [2.24, 2.45) is 5.92 Å². The fraction of sp³-hybridized carbons (Fsp3) is 0.323. The minimum atomic E-state index is -2.46. The summed E-state index contributed by atoms with van der Waals surface area (Å²) in [5.74, 6) is 4.09. The van der Waals surface area contributed by atoms with Gasteiger partial charge in [-0.2, -0.15) is 5.10 Å². The molecule has 2 aromatic carbocycles. The number of benzene rings is 2. The third-order valence-electron chi connectivity index (χ3n) is 7.69. The Balaban J connectivity index is 1.46. The Bertz CT molecular complexity index is 1780. The highest BCUT2D eigenvalue weighted by Crippen LogP contribution is 2.38. The lowest BCUT2D eigenvalue weighted by molar-refractivity contribution is 0.0691. The molecule has 1 aliphatic heterocycles. The topological polar surface area (TPSA) is 109 Å². The zero-order valence-electron chi connectivity index (χ0n) is 23.1. The summed E-state index contributed by atoms with van der Waals surface area (Å²) in [6, 6.07) is 8.76. The number of likely N-dealkylation sites (tertiary alicyclic amines) is 1. The second-order valence-electron chi connectivity index (χ2n) is 10.8. The van der Waals surface area contributed by atoms with Crippen LogP contribution in [0.4, 0.5) is 8.78 Å².